The van der Waals surface area contributed by atoms with Gasteiger partial charge in [-0.1, -0.05) is 15.9 Å². The lowest BCUT2D eigenvalue weighted by Gasteiger charge is -2.00. The first-order valence-electron chi connectivity index (χ1n) is 2.18. The fraction of sp³-hybridized carbons (Fsp3) is 0.600. The fourth-order valence-electron chi connectivity index (χ4n) is 0.187. The van der Waals surface area contributed by atoms with Crippen LogP contribution in [0.1, 0.15) is 13.8 Å². The number of rotatable bonds is 2. The van der Waals surface area contributed by atoms with Gasteiger partial charge in [0, 0.05) is 4.99 Å². The summed E-state index contributed by atoms with van der Waals surface area (Å²) >= 11 is 3.07. The number of halogens is 1. The van der Waals surface area contributed by atoms with E-state index in [1.165, 1.54) is 0 Å². The van der Waals surface area contributed by atoms with Crippen LogP contribution in [0.3, 0.4) is 0 Å². The lowest BCUT2D eigenvalue weighted by molar-refractivity contribution is 0.180. The first kappa shape index (κ1) is 7.02. The Bertz CT molecular complexity index is 59.1. The maximum Gasteiger partial charge on any atom is 0.0922 e. The van der Waals surface area contributed by atoms with Gasteiger partial charge in [0.25, 0.3) is 0 Å². The summed E-state index contributed by atoms with van der Waals surface area (Å²) in [7, 11) is 0. The molecule has 2 heteroatoms. The maximum absolute atomic E-state index is 4.96. The van der Waals surface area contributed by atoms with Gasteiger partial charge in [-0.2, -0.15) is 0 Å². The second-order valence-corrected chi connectivity index (χ2v) is 1.98. The van der Waals surface area contributed by atoms with Crippen molar-refractivity contribution in [1.82, 2.24) is 0 Å². The SMILES string of the molecule is CC(C)OC=CBr. The van der Waals surface area contributed by atoms with Gasteiger partial charge in [0.2, 0.25) is 0 Å². The van der Waals surface area contributed by atoms with Gasteiger partial charge in [-0.05, 0) is 13.8 Å². The van der Waals surface area contributed by atoms with Gasteiger partial charge >= 0.3 is 0 Å². The van der Waals surface area contributed by atoms with Crippen molar-refractivity contribution in [2.45, 2.75) is 20.0 Å². The van der Waals surface area contributed by atoms with Crippen LogP contribution in [-0.2, 0) is 4.74 Å². The van der Waals surface area contributed by atoms with Crippen LogP contribution in [0, 0.1) is 0 Å². The minimum absolute atomic E-state index is 0.286. The van der Waals surface area contributed by atoms with Crippen molar-refractivity contribution in [3.8, 4) is 0 Å². The molecule has 1 nitrogen and oxygen atoms in total. The lowest BCUT2D eigenvalue weighted by atomic mass is 10.5. The molecule has 0 saturated carbocycles. The van der Waals surface area contributed by atoms with Crippen LogP contribution in [-0.4, -0.2) is 6.10 Å². The third-order valence-corrected chi connectivity index (χ3v) is 0.618. The quantitative estimate of drug-likeness (QED) is 0.570. The number of hydrogen-bond donors (Lipinski definition) is 0. The van der Waals surface area contributed by atoms with Gasteiger partial charge in [-0.15, -0.1) is 0 Å². The van der Waals surface area contributed by atoms with E-state index in [9.17, 15) is 0 Å². The topological polar surface area (TPSA) is 9.23 Å². The van der Waals surface area contributed by atoms with Crippen molar-refractivity contribution >= 4 is 15.9 Å². The Labute approximate surface area is 52.5 Å². The molecular weight excluding hydrogens is 156 g/mol. The largest absolute Gasteiger partial charge is 0.498 e. The van der Waals surface area contributed by atoms with Gasteiger partial charge < -0.3 is 4.74 Å². The summed E-state index contributed by atoms with van der Waals surface area (Å²) in [6, 6.07) is 0. The number of hydrogen-bond acceptors (Lipinski definition) is 1. The molecule has 0 aliphatic heterocycles. The average Bonchev–Trinajstić information content (AvgIpc) is 1.61. The van der Waals surface area contributed by atoms with Crippen LogP contribution >= 0.6 is 15.9 Å². The molecule has 0 aliphatic carbocycles. The van der Waals surface area contributed by atoms with E-state index in [1.807, 2.05) is 13.8 Å². The Morgan fingerprint density at radius 1 is 1.57 bits per heavy atom. The molecule has 0 bridgehead atoms. The van der Waals surface area contributed by atoms with E-state index in [0.29, 0.717) is 0 Å². The summed E-state index contributed by atoms with van der Waals surface area (Å²) in [6.45, 7) is 3.96. The molecule has 0 aliphatic rings. The number of ether oxygens (including phenoxy) is 1. The molecule has 42 valence electrons. The zero-order chi connectivity index (χ0) is 5.70. The summed E-state index contributed by atoms with van der Waals surface area (Å²) in [6.07, 6.45) is 1.90. The third kappa shape index (κ3) is 6.02. The molecule has 0 fully saturated rings. The predicted molar refractivity (Wildman–Crippen MR) is 34.3 cm³/mol. The molecule has 0 aromatic heterocycles. The summed E-state index contributed by atoms with van der Waals surface area (Å²) < 4.78 is 4.96. The predicted octanol–water partition coefficient (Wildman–Crippen LogP) is 2.28. The molecule has 0 aromatic rings. The third-order valence-electron chi connectivity index (χ3n) is 0.402. The van der Waals surface area contributed by atoms with Crippen LogP contribution in [0.2, 0.25) is 0 Å². The van der Waals surface area contributed by atoms with Crippen molar-refractivity contribution in [3.05, 3.63) is 11.2 Å². The van der Waals surface area contributed by atoms with Crippen LogP contribution in [0.25, 0.3) is 0 Å². The monoisotopic (exact) mass is 164 g/mol. The van der Waals surface area contributed by atoms with Gasteiger partial charge in [-0.3, -0.25) is 0 Å². The Morgan fingerprint density at radius 3 is 2.29 bits per heavy atom. The Morgan fingerprint density at radius 2 is 2.14 bits per heavy atom. The molecule has 7 heavy (non-hydrogen) atoms. The average molecular weight is 165 g/mol. The summed E-state index contributed by atoms with van der Waals surface area (Å²) in [5, 5.41) is 0. The second-order valence-electron chi connectivity index (χ2n) is 1.45. The zero-order valence-electron chi connectivity index (χ0n) is 4.52. The molecule has 0 rings (SSSR count). The molecule has 0 spiro atoms. The van der Waals surface area contributed by atoms with E-state index in [0.717, 1.165) is 0 Å². The van der Waals surface area contributed by atoms with E-state index < -0.39 is 0 Å². The van der Waals surface area contributed by atoms with Gasteiger partial charge in [0.1, 0.15) is 0 Å². The highest BCUT2D eigenvalue weighted by Gasteiger charge is 1.82. The molecule has 0 radical (unpaired) electrons. The van der Waals surface area contributed by atoms with Crippen LogP contribution < -0.4 is 0 Å². The highest BCUT2D eigenvalue weighted by Crippen LogP contribution is 1.90. The summed E-state index contributed by atoms with van der Waals surface area (Å²) in [5.41, 5.74) is 0. The Kier molecular flexibility index (Phi) is 4.20. The molecule has 0 saturated heterocycles. The van der Waals surface area contributed by atoms with E-state index in [1.54, 1.807) is 11.2 Å². The molecular formula is C5H9BrO. The Balaban J connectivity index is 2.97. The van der Waals surface area contributed by atoms with Gasteiger partial charge in [0.05, 0.1) is 12.4 Å². The fourth-order valence-corrected chi connectivity index (χ4v) is 0.311. The highest BCUT2D eigenvalue weighted by molar-refractivity contribution is 9.11. The molecule has 0 unspecified atom stereocenters. The first-order valence-corrected chi connectivity index (χ1v) is 3.09. The van der Waals surface area contributed by atoms with Crippen molar-refractivity contribution in [3.63, 3.8) is 0 Å². The highest BCUT2D eigenvalue weighted by atomic mass is 79.9. The molecule has 0 atom stereocenters. The summed E-state index contributed by atoms with van der Waals surface area (Å²) in [4.78, 5) is 1.69. The van der Waals surface area contributed by atoms with E-state index >= 15 is 0 Å². The standard InChI is InChI=1S/C5H9BrO/c1-5(2)7-4-3-6/h3-5H,1-2H3. The second kappa shape index (κ2) is 4.19. The molecule has 0 heterocycles. The smallest absolute Gasteiger partial charge is 0.0922 e. The van der Waals surface area contributed by atoms with Crippen molar-refractivity contribution in [2.75, 3.05) is 0 Å². The molecule has 0 aromatic carbocycles. The van der Waals surface area contributed by atoms with E-state index in [-0.39, 0.29) is 6.10 Å². The minimum Gasteiger partial charge on any atom is -0.498 e. The molecule has 0 amide bonds. The maximum atomic E-state index is 4.96. The minimum atomic E-state index is 0.286. The lowest BCUT2D eigenvalue weighted by Crippen LogP contribution is -1.93. The van der Waals surface area contributed by atoms with Gasteiger partial charge in [0.15, 0.2) is 0 Å². The van der Waals surface area contributed by atoms with E-state index in [2.05, 4.69) is 15.9 Å². The first-order chi connectivity index (χ1) is 3.27. The molecule has 0 N–H and O–H groups in total. The summed E-state index contributed by atoms with van der Waals surface area (Å²) in [5.74, 6) is 0. The van der Waals surface area contributed by atoms with E-state index in [4.69, 9.17) is 4.74 Å². The van der Waals surface area contributed by atoms with Crippen molar-refractivity contribution < 1.29 is 4.74 Å². The van der Waals surface area contributed by atoms with Crippen LogP contribution in [0.15, 0.2) is 11.2 Å². The van der Waals surface area contributed by atoms with Gasteiger partial charge in [-0.25, -0.2) is 0 Å². The van der Waals surface area contributed by atoms with Crippen molar-refractivity contribution in [2.24, 2.45) is 0 Å². The van der Waals surface area contributed by atoms with Crippen LogP contribution in [0.4, 0.5) is 0 Å². The normalized spacial score (nSPS) is 10.9. The zero-order valence-corrected chi connectivity index (χ0v) is 6.10. The van der Waals surface area contributed by atoms with Crippen LogP contribution in [0.5, 0.6) is 0 Å². The Hall–Kier alpha value is 0.0200. The van der Waals surface area contributed by atoms with Crippen molar-refractivity contribution in [1.29, 1.82) is 0 Å².